The molecule has 5 rings (SSSR count). The van der Waals surface area contributed by atoms with E-state index in [9.17, 15) is 4.21 Å². The van der Waals surface area contributed by atoms with Gasteiger partial charge in [0.2, 0.25) is 0 Å². The fraction of sp³-hybridized carbons (Fsp3) is 0.476. The van der Waals surface area contributed by atoms with Crippen LogP contribution in [0.15, 0.2) is 30.7 Å². The zero-order valence-corrected chi connectivity index (χ0v) is 19.2. The topological polar surface area (TPSA) is 125 Å². The highest BCUT2D eigenvalue weighted by atomic mass is 32.2. The Bertz CT molecular complexity index is 1120. The van der Waals surface area contributed by atoms with Gasteiger partial charge >= 0.3 is 0 Å². The van der Waals surface area contributed by atoms with Crippen molar-refractivity contribution in [3.8, 4) is 11.3 Å². The predicted octanol–water partition coefficient (Wildman–Crippen LogP) is 0.507. The molecule has 2 fully saturated rings. The smallest absolute Gasteiger partial charge is 0.180 e. The second kappa shape index (κ2) is 9.69. The van der Waals surface area contributed by atoms with Gasteiger partial charge < -0.3 is 24.3 Å². The van der Waals surface area contributed by atoms with Crippen LogP contribution in [0.1, 0.15) is 5.69 Å². The largest absolute Gasteiger partial charge is 0.384 e. The lowest BCUT2D eigenvalue weighted by Crippen LogP contribution is -2.46. The number of piperazine rings is 1. The van der Waals surface area contributed by atoms with Crippen molar-refractivity contribution in [2.45, 2.75) is 6.54 Å². The monoisotopic (exact) mass is 472 g/mol. The maximum Gasteiger partial charge on any atom is 0.180 e. The number of fused-ring (bicyclic) bond motifs is 1. The first-order valence-corrected chi connectivity index (χ1v) is 12.3. The van der Waals surface area contributed by atoms with Crippen molar-refractivity contribution in [1.29, 1.82) is 0 Å². The van der Waals surface area contributed by atoms with Gasteiger partial charge in [0.05, 0.1) is 24.6 Å². The van der Waals surface area contributed by atoms with Gasteiger partial charge in [-0.3, -0.25) is 9.80 Å². The predicted molar refractivity (Wildman–Crippen MR) is 126 cm³/mol. The molecular formula is C21H28N8O3S. The normalized spacial score (nSPS) is 19.2. The number of aromatic nitrogens is 4. The molecule has 3 aromatic heterocycles. The number of rotatable bonds is 6. The SMILES string of the molecule is Nc1ccc(-c2cn3cc(CN4CCN(CS(=O)O)CC4)nc3c(N3CCOCC3)n2)cn1. The summed E-state index contributed by atoms with van der Waals surface area (Å²) in [6.45, 7) is 6.80. The first kappa shape index (κ1) is 22.2. The Labute approximate surface area is 194 Å². The van der Waals surface area contributed by atoms with E-state index in [0.717, 1.165) is 74.2 Å². The van der Waals surface area contributed by atoms with E-state index < -0.39 is 11.1 Å². The Morgan fingerprint density at radius 2 is 1.79 bits per heavy atom. The molecule has 0 aliphatic carbocycles. The number of nitrogens with zero attached hydrogens (tertiary/aromatic N) is 7. The highest BCUT2D eigenvalue weighted by molar-refractivity contribution is 7.79. The third-order valence-electron chi connectivity index (χ3n) is 6.01. The summed E-state index contributed by atoms with van der Waals surface area (Å²) in [7, 11) is 0. The summed E-state index contributed by atoms with van der Waals surface area (Å²) in [6.07, 6.45) is 5.78. The number of ether oxygens (including phenoxy) is 1. The fourth-order valence-electron chi connectivity index (χ4n) is 4.25. The van der Waals surface area contributed by atoms with Gasteiger partial charge in [0, 0.05) is 70.0 Å². The summed E-state index contributed by atoms with van der Waals surface area (Å²) in [5.41, 5.74) is 9.27. The molecule has 1 unspecified atom stereocenters. The summed E-state index contributed by atoms with van der Waals surface area (Å²) in [5, 5.41) is 0. The molecule has 12 heteroatoms. The summed E-state index contributed by atoms with van der Waals surface area (Å²) < 4.78 is 27.8. The zero-order chi connectivity index (χ0) is 22.8. The van der Waals surface area contributed by atoms with Crippen LogP contribution in [0.4, 0.5) is 11.6 Å². The minimum absolute atomic E-state index is 0.208. The highest BCUT2D eigenvalue weighted by Crippen LogP contribution is 2.26. The molecule has 2 aliphatic rings. The molecule has 11 nitrogen and oxygen atoms in total. The van der Waals surface area contributed by atoms with Crippen LogP contribution in [-0.4, -0.2) is 96.3 Å². The van der Waals surface area contributed by atoms with E-state index in [1.807, 2.05) is 21.6 Å². The third kappa shape index (κ3) is 5.14. The summed E-state index contributed by atoms with van der Waals surface area (Å²) in [4.78, 5) is 20.7. The van der Waals surface area contributed by atoms with E-state index in [4.69, 9.17) is 25.0 Å². The average molecular weight is 473 g/mol. The molecule has 3 N–H and O–H groups in total. The van der Waals surface area contributed by atoms with Crippen molar-refractivity contribution >= 4 is 28.4 Å². The lowest BCUT2D eigenvalue weighted by molar-refractivity contribution is 0.122. The first-order valence-electron chi connectivity index (χ1n) is 11.0. The number of hydrogen-bond donors (Lipinski definition) is 2. The van der Waals surface area contributed by atoms with E-state index in [1.165, 1.54) is 0 Å². The molecule has 5 heterocycles. The molecule has 2 saturated heterocycles. The second-order valence-electron chi connectivity index (χ2n) is 8.33. The third-order valence-corrected chi connectivity index (χ3v) is 6.59. The fourth-order valence-corrected chi connectivity index (χ4v) is 4.82. The molecule has 2 aliphatic heterocycles. The van der Waals surface area contributed by atoms with E-state index in [-0.39, 0.29) is 5.88 Å². The Kier molecular flexibility index (Phi) is 6.51. The van der Waals surface area contributed by atoms with Crippen molar-refractivity contribution in [2.75, 3.05) is 69.0 Å². The molecule has 33 heavy (non-hydrogen) atoms. The minimum Gasteiger partial charge on any atom is -0.384 e. The van der Waals surface area contributed by atoms with Gasteiger partial charge in [-0.05, 0) is 12.1 Å². The molecule has 0 bridgehead atoms. The van der Waals surface area contributed by atoms with Crippen LogP contribution in [0.25, 0.3) is 16.9 Å². The molecule has 0 spiro atoms. The molecule has 0 saturated carbocycles. The molecule has 176 valence electrons. The van der Waals surface area contributed by atoms with Crippen LogP contribution >= 0.6 is 0 Å². The Morgan fingerprint density at radius 1 is 1.03 bits per heavy atom. The van der Waals surface area contributed by atoms with Crippen LogP contribution in [0.3, 0.4) is 0 Å². The summed E-state index contributed by atoms with van der Waals surface area (Å²) in [5.74, 6) is 1.53. The summed E-state index contributed by atoms with van der Waals surface area (Å²) >= 11 is -1.79. The highest BCUT2D eigenvalue weighted by Gasteiger charge is 2.22. The molecule has 0 aromatic carbocycles. The van der Waals surface area contributed by atoms with Gasteiger partial charge in [0.15, 0.2) is 22.5 Å². The number of morpholine rings is 1. The standard InChI is InChI=1S/C21H28N8O3S/c22-19-2-1-16(11-23-19)18-14-29-13-17(12-26-3-5-27(6-4-26)15-33(30)31)24-20(29)21(25-18)28-7-9-32-10-8-28/h1-2,11,13-14H,3-10,12,15H2,(H2,22,23)(H,30,31). The quantitative estimate of drug-likeness (QED) is 0.490. The van der Waals surface area contributed by atoms with Gasteiger partial charge in [-0.1, -0.05) is 0 Å². The van der Waals surface area contributed by atoms with Crippen LogP contribution in [-0.2, 0) is 22.4 Å². The maximum absolute atomic E-state index is 11.1. The van der Waals surface area contributed by atoms with Crippen molar-refractivity contribution in [3.63, 3.8) is 0 Å². The average Bonchev–Trinajstić information content (AvgIpc) is 3.23. The summed E-state index contributed by atoms with van der Waals surface area (Å²) in [6, 6.07) is 3.71. The molecule has 3 aromatic rings. The van der Waals surface area contributed by atoms with Crippen molar-refractivity contribution in [2.24, 2.45) is 0 Å². The lowest BCUT2D eigenvalue weighted by Gasteiger charge is -2.33. The number of pyridine rings is 1. The van der Waals surface area contributed by atoms with E-state index in [0.29, 0.717) is 19.0 Å². The Hall–Kier alpha value is -2.64. The van der Waals surface area contributed by atoms with Crippen molar-refractivity contribution < 1.29 is 13.5 Å². The number of imidazole rings is 1. The number of nitrogens with two attached hydrogens (primary N) is 1. The van der Waals surface area contributed by atoms with E-state index in [1.54, 1.807) is 12.3 Å². The molecular weight excluding hydrogens is 444 g/mol. The van der Waals surface area contributed by atoms with Crippen LogP contribution < -0.4 is 10.6 Å². The lowest BCUT2D eigenvalue weighted by atomic mass is 10.2. The first-order chi connectivity index (χ1) is 16.0. The minimum atomic E-state index is -1.79. The number of anilines is 2. The van der Waals surface area contributed by atoms with Crippen molar-refractivity contribution in [3.05, 3.63) is 36.4 Å². The van der Waals surface area contributed by atoms with E-state index >= 15 is 0 Å². The van der Waals surface area contributed by atoms with Gasteiger partial charge in [-0.15, -0.1) is 0 Å². The Balaban J connectivity index is 1.42. The van der Waals surface area contributed by atoms with Gasteiger partial charge in [-0.25, -0.2) is 19.2 Å². The van der Waals surface area contributed by atoms with Crippen LogP contribution in [0.2, 0.25) is 0 Å². The number of nitrogen functional groups attached to an aromatic ring is 1. The van der Waals surface area contributed by atoms with Crippen molar-refractivity contribution in [1.82, 2.24) is 29.2 Å². The molecule has 0 amide bonds. The molecule has 1 atom stereocenters. The maximum atomic E-state index is 11.1. The van der Waals surface area contributed by atoms with E-state index in [2.05, 4.69) is 21.0 Å². The van der Waals surface area contributed by atoms with Crippen LogP contribution in [0, 0.1) is 0 Å². The van der Waals surface area contributed by atoms with Gasteiger partial charge in [-0.2, -0.15) is 0 Å². The zero-order valence-electron chi connectivity index (χ0n) is 18.3. The van der Waals surface area contributed by atoms with Gasteiger partial charge in [0.25, 0.3) is 0 Å². The second-order valence-corrected chi connectivity index (χ2v) is 9.23. The Morgan fingerprint density at radius 3 is 2.48 bits per heavy atom. The molecule has 0 radical (unpaired) electrons. The number of hydrogen-bond acceptors (Lipinski definition) is 9. The van der Waals surface area contributed by atoms with Crippen LogP contribution in [0.5, 0.6) is 0 Å². The van der Waals surface area contributed by atoms with Gasteiger partial charge in [0.1, 0.15) is 11.7 Å².